The van der Waals surface area contributed by atoms with Crippen LogP contribution in [0.25, 0.3) is 0 Å². The molecule has 1 N–H and O–H groups in total. The summed E-state index contributed by atoms with van der Waals surface area (Å²) in [4.78, 5) is 16.6. The Morgan fingerprint density at radius 2 is 1.81 bits per heavy atom. The van der Waals surface area contributed by atoms with E-state index in [0.717, 1.165) is 23.1 Å². The predicted molar refractivity (Wildman–Crippen MR) is 104 cm³/mol. The summed E-state index contributed by atoms with van der Waals surface area (Å²) in [6.45, 7) is 0.418. The van der Waals surface area contributed by atoms with Crippen molar-refractivity contribution in [2.24, 2.45) is 17.8 Å². The number of rotatable bonds is 9. The molecule has 1 heterocycles. The Bertz CT molecular complexity index is 773. The summed E-state index contributed by atoms with van der Waals surface area (Å²) in [6.07, 6.45) is 9.29. The van der Waals surface area contributed by atoms with E-state index in [-0.39, 0.29) is 5.91 Å². The first-order chi connectivity index (χ1) is 13.2. The van der Waals surface area contributed by atoms with Crippen molar-refractivity contribution >= 4 is 11.6 Å². The van der Waals surface area contributed by atoms with Crippen molar-refractivity contribution in [2.45, 2.75) is 38.7 Å². The van der Waals surface area contributed by atoms with Crippen LogP contribution in [0.1, 0.15) is 37.7 Å². The van der Waals surface area contributed by atoms with Gasteiger partial charge in [0.15, 0.2) is 11.5 Å². The molecule has 142 valence electrons. The summed E-state index contributed by atoms with van der Waals surface area (Å²) >= 11 is 0. The van der Waals surface area contributed by atoms with E-state index in [1.807, 2.05) is 30.3 Å². The smallest absolute Gasteiger partial charge is 0.224 e. The van der Waals surface area contributed by atoms with E-state index >= 15 is 0 Å². The zero-order valence-electron chi connectivity index (χ0n) is 15.7. The van der Waals surface area contributed by atoms with E-state index in [1.54, 1.807) is 19.5 Å². The number of ether oxygens (including phenoxy) is 2. The molecule has 1 amide bonds. The summed E-state index contributed by atoms with van der Waals surface area (Å²) in [5, 5.41) is 3.04. The maximum Gasteiger partial charge on any atom is 0.224 e. The quantitative estimate of drug-likeness (QED) is 0.713. The first kappa shape index (κ1) is 17.8. The molecular weight excluding hydrogens is 340 g/mol. The standard InChI is InChI=1S/C22H26N2O3/c1-26-20-7-6-18(12-21(20)27-14-15-8-10-23-11-9-15)24-22(25)13-19(16-2-3-16)17-4-5-17/h6-12,16-17,19H,2-5,13-14H2,1H3,(H,24,25). The van der Waals surface area contributed by atoms with Crippen molar-refractivity contribution < 1.29 is 14.3 Å². The van der Waals surface area contributed by atoms with Crippen LogP contribution in [0.5, 0.6) is 11.5 Å². The first-order valence-corrected chi connectivity index (χ1v) is 9.72. The van der Waals surface area contributed by atoms with Gasteiger partial charge >= 0.3 is 0 Å². The molecule has 5 nitrogen and oxygen atoms in total. The number of carbonyl (C=O) groups excluding carboxylic acids is 1. The molecule has 2 aliphatic rings. The van der Waals surface area contributed by atoms with E-state index in [1.165, 1.54) is 25.7 Å². The summed E-state index contributed by atoms with van der Waals surface area (Å²) < 4.78 is 11.3. The molecule has 2 aliphatic carbocycles. The minimum absolute atomic E-state index is 0.101. The van der Waals surface area contributed by atoms with Gasteiger partial charge in [0.05, 0.1) is 7.11 Å². The number of pyridine rings is 1. The van der Waals surface area contributed by atoms with E-state index in [0.29, 0.717) is 30.4 Å². The second-order valence-corrected chi connectivity index (χ2v) is 7.60. The number of anilines is 1. The Balaban J connectivity index is 1.39. The third kappa shape index (κ3) is 4.79. The molecule has 0 unspecified atom stereocenters. The Kier molecular flexibility index (Phi) is 5.28. The van der Waals surface area contributed by atoms with Gasteiger partial charge in [0, 0.05) is 30.6 Å². The van der Waals surface area contributed by atoms with Crippen molar-refractivity contribution in [3.63, 3.8) is 0 Å². The number of methoxy groups -OCH3 is 1. The molecule has 1 aromatic carbocycles. The van der Waals surface area contributed by atoms with Crippen LogP contribution in [0.15, 0.2) is 42.7 Å². The van der Waals surface area contributed by atoms with E-state index in [9.17, 15) is 4.79 Å². The number of nitrogens with one attached hydrogen (secondary N) is 1. The van der Waals surface area contributed by atoms with Crippen LogP contribution >= 0.6 is 0 Å². The maximum atomic E-state index is 12.5. The molecule has 0 atom stereocenters. The Hall–Kier alpha value is -2.56. The second kappa shape index (κ2) is 7.99. The average Bonchev–Trinajstić information content (AvgIpc) is 3.58. The highest BCUT2D eigenvalue weighted by Crippen LogP contribution is 2.50. The molecular formula is C22H26N2O3. The SMILES string of the molecule is COc1ccc(NC(=O)CC(C2CC2)C2CC2)cc1OCc1ccncc1. The molecule has 0 bridgehead atoms. The largest absolute Gasteiger partial charge is 0.493 e. The third-order valence-corrected chi connectivity index (χ3v) is 5.47. The molecule has 5 heteroatoms. The summed E-state index contributed by atoms with van der Waals surface area (Å²) in [5.41, 5.74) is 1.77. The topological polar surface area (TPSA) is 60.5 Å². The van der Waals surface area contributed by atoms with Gasteiger partial charge < -0.3 is 14.8 Å². The van der Waals surface area contributed by atoms with Gasteiger partial charge in [0.25, 0.3) is 0 Å². The fourth-order valence-corrected chi connectivity index (χ4v) is 3.70. The van der Waals surface area contributed by atoms with Crippen LogP contribution in [-0.4, -0.2) is 18.0 Å². The predicted octanol–water partition coefficient (Wildman–Crippen LogP) is 4.43. The molecule has 2 saturated carbocycles. The lowest BCUT2D eigenvalue weighted by Gasteiger charge is -2.16. The highest BCUT2D eigenvalue weighted by Gasteiger charge is 2.42. The van der Waals surface area contributed by atoms with Crippen LogP contribution < -0.4 is 14.8 Å². The van der Waals surface area contributed by atoms with Crippen molar-refractivity contribution in [1.82, 2.24) is 4.98 Å². The van der Waals surface area contributed by atoms with Gasteiger partial charge in [-0.25, -0.2) is 0 Å². The van der Waals surface area contributed by atoms with E-state index < -0.39 is 0 Å². The zero-order valence-corrected chi connectivity index (χ0v) is 15.7. The summed E-state index contributed by atoms with van der Waals surface area (Å²) in [5.74, 6) is 3.50. The Labute approximate surface area is 160 Å². The van der Waals surface area contributed by atoms with Crippen molar-refractivity contribution in [3.8, 4) is 11.5 Å². The normalized spacial score (nSPS) is 16.2. The van der Waals surface area contributed by atoms with E-state index in [2.05, 4.69) is 10.3 Å². The monoisotopic (exact) mass is 366 g/mol. The molecule has 0 saturated heterocycles. The van der Waals surface area contributed by atoms with Gasteiger partial charge in [0.2, 0.25) is 5.91 Å². The van der Waals surface area contributed by atoms with Crippen LogP contribution in [0, 0.1) is 17.8 Å². The van der Waals surface area contributed by atoms with Gasteiger partial charge in [-0.1, -0.05) is 0 Å². The van der Waals surface area contributed by atoms with Gasteiger partial charge in [-0.2, -0.15) is 0 Å². The van der Waals surface area contributed by atoms with Crippen molar-refractivity contribution in [1.29, 1.82) is 0 Å². The number of carbonyl (C=O) groups is 1. The minimum atomic E-state index is 0.101. The Morgan fingerprint density at radius 3 is 2.44 bits per heavy atom. The molecule has 0 radical (unpaired) electrons. The minimum Gasteiger partial charge on any atom is -0.493 e. The molecule has 1 aromatic heterocycles. The average molecular weight is 366 g/mol. The summed E-state index contributed by atoms with van der Waals surface area (Å²) in [6, 6.07) is 9.35. The molecule has 0 aliphatic heterocycles. The van der Waals surface area contributed by atoms with E-state index in [4.69, 9.17) is 9.47 Å². The first-order valence-electron chi connectivity index (χ1n) is 9.72. The van der Waals surface area contributed by atoms with Crippen molar-refractivity contribution in [3.05, 3.63) is 48.3 Å². The third-order valence-electron chi connectivity index (χ3n) is 5.47. The number of hydrogen-bond donors (Lipinski definition) is 1. The highest BCUT2D eigenvalue weighted by atomic mass is 16.5. The van der Waals surface area contributed by atoms with Gasteiger partial charge in [-0.3, -0.25) is 9.78 Å². The molecule has 27 heavy (non-hydrogen) atoms. The molecule has 2 fully saturated rings. The molecule has 2 aromatic rings. The fourth-order valence-electron chi connectivity index (χ4n) is 3.70. The zero-order chi connectivity index (χ0) is 18.6. The number of benzene rings is 1. The number of aromatic nitrogens is 1. The lowest BCUT2D eigenvalue weighted by Crippen LogP contribution is -2.19. The lowest BCUT2D eigenvalue weighted by atomic mass is 9.94. The number of nitrogens with zero attached hydrogens (tertiary/aromatic N) is 1. The van der Waals surface area contributed by atoms with Crippen LogP contribution in [0.3, 0.4) is 0 Å². The molecule has 0 spiro atoms. The van der Waals surface area contributed by atoms with Crippen LogP contribution in [0.2, 0.25) is 0 Å². The van der Waals surface area contributed by atoms with Crippen LogP contribution in [0.4, 0.5) is 5.69 Å². The highest BCUT2D eigenvalue weighted by molar-refractivity contribution is 5.91. The van der Waals surface area contributed by atoms with Gasteiger partial charge in [-0.05, 0) is 73.3 Å². The number of hydrogen-bond acceptors (Lipinski definition) is 4. The van der Waals surface area contributed by atoms with Crippen molar-refractivity contribution in [2.75, 3.05) is 12.4 Å². The van der Waals surface area contributed by atoms with Crippen LogP contribution in [-0.2, 0) is 11.4 Å². The second-order valence-electron chi connectivity index (χ2n) is 7.60. The molecule has 4 rings (SSSR count). The summed E-state index contributed by atoms with van der Waals surface area (Å²) in [7, 11) is 1.61. The maximum absolute atomic E-state index is 12.5. The lowest BCUT2D eigenvalue weighted by molar-refractivity contribution is -0.117. The number of amides is 1. The van der Waals surface area contributed by atoms with Gasteiger partial charge in [0.1, 0.15) is 6.61 Å². The Morgan fingerprint density at radius 1 is 1.11 bits per heavy atom. The van der Waals surface area contributed by atoms with Gasteiger partial charge in [-0.15, -0.1) is 0 Å². The fraction of sp³-hybridized carbons (Fsp3) is 0.455.